The van der Waals surface area contributed by atoms with E-state index >= 15 is 0 Å². The number of methoxy groups -OCH3 is 1. The lowest BCUT2D eigenvalue weighted by atomic mass is 9.98. The molecule has 1 aliphatic heterocycles. The first kappa shape index (κ1) is 15.5. The molecule has 3 nitrogen and oxygen atoms in total. The Morgan fingerprint density at radius 3 is 2.85 bits per heavy atom. The van der Waals surface area contributed by atoms with E-state index in [1.165, 1.54) is 12.8 Å². The Morgan fingerprint density at radius 2 is 2.15 bits per heavy atom. The van der Waals surface area contributed by atoms with Gasteiger partial charge in [-0.2, -0.15) is 0 Å². The average Bonchev–Trinajstić information content (AvgIpc) is 2.46. The van der Waals surface area contributed by atoms with Gasteiger partial charge in [0, 0.05) is 37.2 Å². The van der Waals surface area contributed by atoms with Crippen molar-refractivity contribution in [3.63, 3.8) is 0 Å². The van der Waals surface area contributed by atoms with Crippen LogP contribution in [0.15, 0.2) is 24.3 Å². The van der Waals surface area contributed by atoms with Crippen molar-refractivity contribution in [2.75, 3.05) is 33.4 Å². The molecule has 2 rings (SSSR count). The molecule has 20 heavy (non-hydrogen) atoms. The first-order valence-electron chi connectivity index (χ1n) is 7.19. The third kappa shape index (κ3) is 4.58. The lowest BCUT2D eigenvalue weighted by Crippen LogP contribution is -2.38. The quantitative estimate of drug-likeness (QED) is 0.754. The molecule has 1 aliphatic rings. The third-order valence-corrected chi connectivity index (χ3v) is 4.08. The van der Waals surface area contributed by atoms with Crippen LogP contribution in [0, 0.1) is 5.92 Å². The van der Waals surface area contributed by atoms with Gasteiger partial charge in [-0.3, -0.25) is 4.79 Å². The largest absolute Gasteiger partial charge is 0.384 e. The zero-order valence-electron chi connectivity index (χ0n) is 12.0. The van der Waals surface area contributed by atoms with Crippen LogP contribution in [0.1, 0.15) is 29.6 Å². The fourth-order valence-electron chi connectivity index (χ4n) is 2.77. The second kappa shape index (κ2) is 7.77. The number of likely N-dealkylation sites (tertiary alicyclic amines) is 1. The number of nitrogens with zero attached hydrogens (tertiary/aromatic N) is 1. The predicted molar refractivity (Wildman–Crippen MR) is 81.4 cm³/mol. The van der Waals surface area contributed by atoms with Gasteiger partial charge in [0.1, 0.15) is 0 Å². The normalized spacial score (nSPS) is 20.0. The van der Waals surface area contributed by atoms with Gasteiger partial charge in [-0.05, 0) is 49.6 Å². The number of piperidine rings is 1. The molecule has 0 N–H and O–H groups in total. The molecule has 1 saturated heterocycles. The van der Waals surface area contributed by atoms with Crippen LogP contribution in [0.25, 0.3) is 0 Å². The SMILES string of the molecule is COCC1CCCN(CCC(=O)c2ccc(Cl)cc2)C1. The summed E-state index contributed by atoms with van der Waals surface area (Å²) in [7, 11) is 1.75. The molecule has 1 aromatic rings. The summed E-state index contributed by atoms with van der Waals surface area (Å²) < 4.78 is 5.23. The summed E-state index contributed by atoms with van der Waals surface area (Å²) in [6.07, 6.45) is 3.00. The van der Waals surface area contributed by atoms with E-state index in [9.17, 15) is 4.79 Å². The van der Waals surface area contributed by atoms with Crippen molar-refractivity contribution in [3.05, 3.63) is 34.9 Å². The van der Waals surface area contributed by atoms with Crippen LogP contribution < -0.4 is 0 Å². The van der Waals surface area contributed by atoms with Crippen LogP contribution >= 0.6 is 11.6 Å². The molecule has 1 fully saturated rings. The summed E-state index contributed by atoms with van der Waals surface area (Å²) in [6.45, 7) is 3.79. The van der Waals surface area contributed by atoms with Gasteiger partial charge in [-0.1, -0.05) is 11.6 Å². The molecule has 1 unspecified atom stereocenters. The number of Topliss-reactive ketones (excluding diaryl/α,β-unsaturated/α-hetero) is 1. The Labute approximate surface area is 125 Å². The van der Waals surface area contributed by atoms with Crippen molar-refractivity contribution in [2.24, 2.45) is 5.92 Å². The highest BCUT2D eigenvalue weighted by molar-refractivity contribution is 6.30. The minimum absolute atomic E-state index is 0.190. The van der Waals surface area contributed by atoms with Gasteiger partial charge < -0.3 is 9.64 Å². The van der Waals surface area contributed by atoms with Crippen LogP contribution in [0.2, 0.25) is 5.02 Å². The first-order chi connectivity index (χ1) is 9.69. The van der Waals surface area contributed by atoms with Gasteiger partial charge in [-0.25, -0.2) is 0 Å². The summed E-state index contributed by atoms with van der Waals surface area (Å²) in [6, 6.07) is 7.14. The van der Waals surface area contributed by atoms with Gasteiger partial charge in [0.15, 0.2) is 5.78 Å². The fourth-order valence-corrected chi connectivity index (χ4v) is 2.89. The van der Waals surface area contributed by atoms with Crippen molar-refractivity contribution in [3.8, 4) is 0 Å². The number of ketones is 1. The first-order valence-corrected chi connectivity index (χ1v) is 7.57. The molecule has 1 atom stereocenters. The highest BCUT2D eigenvalue weighted by Crippen LogP contribution is 2.17. The monoisotopic (exact) mass is 295 g/mol. The Kier molecular flexibility index (Phi) is 6.02. The van der Waals surface area contributed by atoms with Crippen LogP contribution in [-0.2, 0) is 4.74 Å². The number of ether oxygens (including phenoxy) is 1. The summed E-state index contributed by atoms with van der Waals surface area (Å²) in [4.78, 5) is 14.5. The van der Waals surface area contributed by atoms with Crippen LogP contribution in [0.3, 0.4) is 0 Å². The van der Waals surface area contributed by atoms with E-state index in [0.717, 1.165) is 31.8 Å². The zero-order chi connectivity index (χ0) is 14.4. The van der Waals surface area contributed by atoms with Crippen LogP contribution in [0.4, 0.5) is 0 Å². The lowest BCUT2D eigenvalue weighted by Gasteiger charge is -2.32. The van der Waals surface area contributed by atoms with Gasteiger partial charge in [0.05, 0.1) is 6.61 Å². The molecular weight excluding hydrogens is 274 g/mol. The molecule has 4 heteroatoms. The molecule has 0 amide bonds. The molecule has 0 radical (unpaired) electrons. The minimum atomic E-state index is 0.190. The molecule has 0 saturated carbocycles. The molecular formula is C16H22ClNO2. The summed E-state index contributed by atoms with van der Waals surface area (Å²) >= 11 is 5.83. The van der Waals surface area contributed by atoms with E-state index in [4.69, 9.17) is 16.3 Å². The number of carbonyl (C=O) groups excluding carboxylic acids is 1. The Balaban J connectivity index is 1.79. The van der Waals surface area contributed by atoms with Crippen LogP contribution in [0.5, 0.6) is 0 Å². The van der Waals surface area contributed by atoms with E-state index in [1.807, 2.05) is 0 Å². The van der Waals surface area contributed by atoms with Gasteiger partial charge in [0.2, 0.25) is 0 Å². The zero-order valence-corrected chi connectivity index (χ0v) is 12.7. The summed E-state index contributed by atoms with van der Waals surface area (Å²) in [5.41, 5.74) is 0.750. The van der Waals surface area contributed by atoms with Crippen molar-refractivity contribution >= 4 is 17.4 Å². The summed E-state index contributed by atoms with van der Waals surface area (Å²) in [5.74, 6) is 0.801. The maximum absolute atomic E-state index is 12.1. The van der Waals surface area contributed by atoms with E-state index in [0.29, 0.717) is 17.4 Å². The second-order valence-corrected chi connectivity index (χ2v) is 5.88. The molecule has 110 valence electrons. The van der Waals surface area contributed by atoms with E-state index < -0.39 is 0 Å². The maximum Gasteiger partial charge on any atom is 0.164 e. The predicted octanol–water partition coefficient (Wildman–Crippen LogP) is 3.27. The lowest BCUT2D eigenvalue weighted by molar-refractivity contribution is 0.0831. The van der Waals surface area contributed by atoms with E-state index in [-0.39, 0.29) is 5.78 Å². The van der Waals surface area contributed by atoms with Crippen molar-refractivity contribution in [2.45, 2.75) is 19.3 Å². The van der Waals surface area contributed by atoms with Crippen LogP contribution in [-0.4, -0.2) is 44.0 Å². The number of carbonyl (C=O) groups is 1. The highest BCUT2D eigenvalue weighted by atomic mass is 35.5. The third-order valence-electron chi connectivity index (χ3n) is 3.83. The molecule has 1 aromatic carbocycles. The number of hydrogen-bond acceptors (Lipinski definition) is 3. The minimum Gasteiger partial charge on any atom is -0.384 e. The molecule has 1 heterocycles. The number of benzene rings is 1. The van der Waals surface area contributed by atoms with Gasteiger partial charge >= 0.3 is 0 Å². The number of hydrogen-bond donors (Lipinski definition) is 0. The topological polar surface area (TPSA) is 29.5 Å². The fraction of sp³-hybridized carbons (Fsp3) is 0.562. The van der Waals surface area contributed by atoms with Gasteiger partial charge in [-0.15, -0.1) is 0 Å². The molecule has 0 bridgehead atoms. The van der Waals surface area contributed by atoms with E-state index in [1.54, 1.807) is 31.4 Å². The number of halogens is 1. The maximum atomic E-state index is 12.1. The Hall–Kier alpha value is -0.900. The number of rotatable bonds is 6. The molecule has 0 spiro atoms. The standard InChI is InChI=1S/C16H22ClNO2/c1-20-12-13-3-2-9-18(11-13)10-8-16(19)14-4-6-15(17)7-5-14/h4-7,13H,2-3,8-12H2,1H3. The Bertz CT molecular complexity index is 431. The van der Waals surface area contributed by atoms with E-state index in [2.05, 4.69) is 4.90 Å². The van der Waals surface area contributed by atoms with Gasteiger partial charge in [0.25, 0.3) is 0 Å². The van der Waals surface area contributed by atoms with Crippen molar-refractivity contribution < 1.29 is 9.53 Å². The smallest absolute Gasteiger partial charge is 0.164 e. The second-order valence-electron chi connectivity index (χ2n) is 5.44. The van der Waals surface area contributed by atoms with Crippen molar-refractivity contribution in [1.29, 1.82) is 0 Å². The molecule has 0 aromatic heterocycles. The molecule has 0 aliphatic carbocycles. The highest BCUT2D eigenvalue weighted by Gasteiger charge is 2.20. The van der Waals surface area contributed by atoms with Crippen molar-refractivity contribution in [1.82, 2.24) is 4.90 Å². The average molecular weight is 296 g/mol. The summed E-state index contributed by atoms with van der Waals surface area (Å²) in [5, 5.41) is 0.667. The Morgan fingerprint density at radius 1 is 1.40 bits per heavy atom.